The van der Waals surface area contributed by atoms with Crippen LogP contribution in [0, 0.1) is 11.8 Å². The number of unbranched alkanes of at least 4 members (excludes halogenated alkanes) is 2. The summed E-state index contributed by atoms with van der Waals surface area (Å²) in [5.74, 6) is 6.37. The van der Waals surface area contributed by atoms with Crippen LogP contribution in [-0.2, 0) is 6.54 Å². The quantitative estimate of drug-likeness (QED) is 0.565. The van der Waals surface area contributed by atoms with E-state index < -0.39 is 0 Å². The summed E-state index contributed by atoms with van der Waals surface area (Å²) in [6.07, 6.45) is 6.57. The molecule has 1 N–H and O–H groups in total. The Bertz CT molecular complexity index is 420. The van der Waals surface area contributed by atoms with Gasteiger partial charge in [-0.1, -0.05) is 62.4 Å². The molecule has 0 aliphatic heterocycles. The molecular formula is C18H25N. The molecule has 0 spiro atoms. The fourth-order valence-corrected chi connectivity index (χ4v) is 1.73. The predicted octanol–water partition coefficient (Wildman–Crippen LogP) is 4.31. The van der Waals surface area contributed by atoms with Gasteiger partial charge in [-0.2, -0.15) is 0 Å². The van der Waals surface area contributed by atoms with Crippen LogP contribution in [0.25, 0.3) is 0 Å². The van der Waals surface area contributed by atoms with E-state index in [9.17, 15) is 0 Å². The normalized spacial score (nSPS) is 10.9. The first kappa shape index (κ1) is 15.5. The van der Waals surface area contributed by atoms with Crippen molar-refractivity contribution in [1.29, 1.82) is 0 Å². The SMILES string of the molecule is CCCCC#C/C=C(/CC)CNCc1ccccc1. The summed E-state index contributed by atoms with van der Waals surface area (Å²) in [6.45, 7) is 6.22. The molecule has 19 heavy (non-hydrogen) atoms. The van der Waals surface area contributed by atoms with E-state index in [0.29, 0.717) is 0 Å². The molecule has 1 aromatic rings. The molecule has 1 rings (SSSR count). The van der Waals surface area contributed by atoms with Gasteiger partial charge in [-0.05, 0) is 30.1 Å². The van der Waals surface area contributed by atoms with Gasteiger partial charge in [-0.3, -0.25) is 0 Å². The Hall–Kier alpha value is -1.52. The average Bonchev–Trinajstić information content (AvgIpc) is 2.46. The van der Waals surface area contributed by atoms with Gasteiger partial charge in [0.2, 0.25) is 0 Å². The van der Waals surface area contributed by atoms with Gasteiger partial charge in [-0.15, -0.1) is 0 Å². The average molecular weight is 255 g/mol. The molecule has 0 heterocycles. The van der Waals surface area contributed by atoms with Crippen molar-refractivity contribution in [3.05, 3.63) is 47.5 Å². The maximum atomic E-state index is 3.47. The van der Waals surface area contributed by atoms with Crippen LogP contribution in [0.5, 0.6) is 0 Å². The summed E-state index contributed by atoms with van der Waals surface area (Å²) in [4.78, 5) is 0. The Labute approximate surface area is 118 Å². The molecule has 0 unspecified atom stereocenters. The lowest BCUT2D eigenvalue weighted by molar-refractivity contribution is 0.726. The second-order valence-electron chi connectivity index (χ2n) is 4.67. The minimum atomic E-state index is 0.918. The summed E-state index contributed by atoms with van der Waals surface area (Å²) in [6, 6.07) is 10.5. The first-order valence-corrected chi connectivity index (χ1v) is 7.27. The molecule has 0 radical (unpaired) electrons. The minimum Gasteiger partial charge on any atom is -0.309 e. The van der Waals surface area contributed by atoms with Crippen LogP contribution in [0.2, 0.25) is 0 Å². The molecule has 1 aromatic carbocycles. The predicted molar refractivity (Wildman–Crippen MR) is 83.8 cm³/mol. The van der Waals surface area contributed by atoms with Gasteiger partial charge in [0.1, 0.15) is 0 Å². The molecule has 0 aliphatic carbocycles. The Morgan fingerprint density at radius 2 is 2.00 bits per heavy atom. The molecule has 0 saturated carbocycles. The van der Waals surface area contributed by atoms with Crippen LogP contribution in [0.3, 0.4) is 0 Å². The molecule has 0 atom stereocenters. The van der Waals surface area contributed by atoms with Gasteiger partial charge < -0.3 is 5.32 Å². The number of rotatable bonds is 7. The maximum absolute atomic E-state index is 3.47. The third-order valence-corrected chi connectivity index (χ3v) is 3.01. The highest BCUT2D eigenvalue weighted by molar-refractivity contribution is 5.22. The van der Waals surface area contributed by atoms with Crippen LogP contribution < -0.4 is 5.32 Å². The standard InChI is InChI=1S/C18H25N/c1-3-5-6-7-9-12-17(4-2)15-19-16-18-13-10-8-11-14-18/h8,10-14,19H,3-6,15-16H2,1-2H3/b17-12-. The molecule has 0 saturated heterocycles. The largest absolute Gasteiger partial charge is 0.309 e. The highest BCUT2D eigenvalue weighted by Crippen LogP contribution is 2.01. The van der Waals surface area contributed by atoms with Crippen molar-refractivity contribution >= 4 is 0 Å². The molecule has 102 valence electrons. The van der Waals surface area contributed by atoms with Crippen LogP contribution in [-0.4, -0.2) is 6.54 Å². The van der Waals surface area contributed by atoms with Gasteiger partial charge in [-0.25, -0.2) is 0 Å². The zero-order chi connectivity index (χ0) is 13.8. The second kappa shape index (κ2) is 10.4. The molecule has 1 heteroatoms. The molecule has 0 aliphatic rings. The van der Waals surface area contributed by atoms with Crippen molar-refractivity contribution in [2.24, 2.45) is 0 Å². The Morgan fingerprint density at radius 1 is 1.21 bits per heavy atom. The summed E-state index contributed by atoms with van der Waals surface area (Å²) in [7, 11) is 0. The third-order valence-electron chi connectivity index (χ3n) is 3.01. The van der Waals surface area contributed by atoms with Gasteiger partial charge in [0.25, 0.3) is 0 Å². The van der Waals surface area contributed by atoms with Crippen molar-refractivity contribution in [3.63, 3.8) is 0 Å². The Balaban J connectivity index is 2.31. The van der Waals surface area contributed by atoms with Gasteiger partial charge in [0.15, 0.2) is 0 Å². The molecule has 0 amide bonds. The van der Waals surface area contributed by atoms with E-state index in [1.165, 1.54) is 24.0 Å². The lowest BCUT2D eigenvalue weighted by Gasteiger charge is -2.06. The zero-order valence-electron chi connectivity index (χ0n) is 12.2. The fraction of sp³-hybridized carbons (Fsp3) is 0.444. The maximum Gasteiger partial charge on any atom is 0.0208 e. The molecule has 0 aromatic heterocycles. The molecule has 0 fully saturated rings. The van der Waals surface area contributed by atoms with E-state index in [1.54, 1.807) is 0 Å². The number of nitrogens with one attached hydrogen (secondary N) is 1. The van der Waals surface area contributed by atoms with Crippen molar-refractivity contribution < 1.29 is 0 Å². The zero-order valence-corrected chi connectivity index (χ0v) is 12.2. The Kier molecular flexibility index (Phi) is 8.51. The van der Waals surface area contributed by atoms with Crippen molar-refractivity contribution in [2.45, 2.75) is 46.1 Å². The van der Waals surface area contributed by atoms with E-state index in [4.69, 9.17) is 0 Å². The summed E-state index contributed by atoms with van der Waals surface area (Å²) in [5.41, 5.74) is 2.70. The fourth-order valence-electron chi connectivity index (χ4n) is 1.73. The first-order chi connectivity index (χ1) is 9.36. The van der Waals surface area contributed by atoms with Gasteiger partial charge >= 0.3 is 0 Å². The summed E-state index contributed by atoms with van der Waals surface area (Å²) < 4.78 is 0. The lowest BCUT2D eigenvalue weighted by atomic mass is 10.1. The van der Waals surface area contributed by atoms with E-state index in [-0.39, 0.29) is 0 Å². The summed E-state index contributed by atoms with van der Waals surface area (Å²) in [5, 5.41) is 3.47. The monoisotopic (exact) mass is 255 g/mol. The van der Waals surface area contributed by atoms with Crippen LogP contribution in [0.15, 0.2) is 42.0 Å². The molecule has 0 bridgehead atoms. The summed E-state index contributed by atoms with van der Waals surface area (Å²) >= 11 is 0. The van der Waals surface area contributed by atoms with Gasteiger partial charge in [0.05, 0.1) is 0 Å². The van der Waals surface area contributed by atoms with Crippen molar-refractivity contribution in [3.8, 4) is 11.8 Å². The second-order valence-corrected chi connectivity index (χ2v) is 4.67. The van der Waals surface area contributed by atoms with Crippen LogP contribution in [0.1, 0.15) is 45.1 Å². The van der Waals surface area contributed by atoms with E-state index in [2.05, 4.69) is 61.3 Å². The highest BCUT2D eigenvalue weighted by Gasteiger charge is 1.94. The lowest BCUT2D eigenvalue weighted by Crippen LogP contribution is -2.16. The van der Waals surface area contributed by atoms with Crippen molar-refractivity contribution in [1.82, 2.24) is 5.32 Å². The first-order valence-electron chi connectivity index (χ1n) is 7.27. The molecular weight excluding hydrogens is 230 g/mol. The Morgan fingerprint density at radius 3 is 2.68 bits per heavy atom. The molecule has 1 nitrogen and oxygen atoms in total. The van der Waals surface area contributed by atoms with E-state index in [0.717, 1.165) is 25.9 Å². The third kappa shape index (κ3) is 7.49. The highest BCUT2D eigenvalue weighted by atomic mass is 14.8. The number of benzene rings is 1. The van der Waals surface area contributed by atoms with E-state index in [1.807, 2.05) is 6.07 Å². The number of allylic oxidation sites excluding steroid dienone is 1. The van der Waals surface area contributed by atoms with Crippen molar-refractivity contribution in [2.75, 3.05) is 6.54 Å². The smallest absolute Gasteiger partial charge is 0.0208 e. The minimum absolute atomic E-state index is 0.918. The van der Waals surface area contributed by atoms with E-state index >= 15 is 0 Å². The number of hydrogen-bond donors (Lipinski definition) is 1. The van der Waals surface area contributed by atoms with Crippen LogP contribution in [0.4, 0.5) is 0 Å². The van der Waals surface area contributed by atoms with Crippen LogP contribution >= 0.6 is 0 Å². The topological polar surface area (TPSA) is 12.0 Å². The van der Waals surface area contributed by atoms with Gasteiger partial charge in [0, 0.05) is 19.5 Å². The number of hydrogen-bond acceptors (Lipinski definition) is 1.